The van der Waals surface area contributed by atoms with Crippen molar-refractivity contribution in [1.29, 1.82) is 0 Å². The number of ether oxygens (including phenoxy) is 2. The van der Waals surface area contributed by atoms with E-state index in [2.05, 4.69) is 12.0 Å². The third kappa shape index (κ3) is 2.84. The molecule has 4 nitrogen and oxygen atoms in total. The molecule has 0 N–H and O–H groups in total. The van der Waals surface area contributed by atoms with Gasteiger partial charge in [0.2, 0.25) is 0 Å². The third-order valence-corrected chi connectivity index (χ3v) is 4.47. The number of carbonyl (C=O) groups is 1. The lowest BCUT2D eigenvalue weighted by atomic mass is 10.0. The maximum absolute atomic E-state index is 12.2. The van der Waals surface area contributed by atoms with Gasteiger partial charge in [0.05, 0.1) is 12.7 Å². The number of amides is 1. The van der Waals surface area contributed by atoms with Crippen molar-refractivity contribution in [3.8, 4) is 17.7 Å². The zero-order chi connectivity index (χ0) is 17.9. The Morgan fingerprint density at radius 2 is 1.81 bits per heavy atom. The lowest BCUT2D eigenvalue weighted by Gasteiger charge is -2.15. The van der Waals surface area contributed by atoms with Crippen LogP contribution >= 0.6 is 0 Å². The highest BCUT2D eigenvalue weighted by atomic mass is 16.6. The fraction of sp³-hybridized carbons (Fsp3) is 0.136. The average Bonchev–Trinajstić information content (AvgIpc) is 3.07. The summed E-state index contributed by atoms with van der Waals surface area (Å²) < 4.78 is 10.7. The van der Waals surface area contributed by atoms with Crippen molar-refractivity contribution < 1.29 is 14.3 Å². The summed E-state index contributed by atoms with van der Waals surface area (Å²) in [6.45, 7) is 0.296. The number of hydrogen-bond donors (Lipinski definition) is 0. The quantitative estimate of drug-likeness (QED) is 0.649. The molecule has 1 saturated heterocycles. The second-order valence-corrected chi connectivity index (χ2v) is 5.97. The molecular formula is C22H17NO3. The summed E-state index contributed by atoms with van der Waals surface area (Å²) >= 11 is 0. The molecule has 1 amide bonds. The number of fused-ring (bicyclic) bond motifs is 1. The van der Waals surface area contributed by atoms with Crippen LogP contribution in [0.4, 0.5) is 4.79 Å². The molecule has 4 rings (SSSR count). The summed E-state index contributed by atoms with van der Waals surface area (Å²) in [5.74, 6) is 3.81. The van der Waals surface area contributed by atoms with Gasteiger partial charge < -0.3 is 9.47 Å². The van der Waals surface area contributed by atoms with Crippen molar-refractivity contribution in [3.05, 3.63) is 77.9 Å². The Balaban J connectivity index is 1.77. The number of benzene rings is 3. The van der Waals surface area contributed by atoms with Crippen molar-refractivity contribution in [2.75, 3.05) is 13.7 Å². The number of hydrogen-bond acceptors (Lipinski definition) is 3. The zero-order valence-electron chi connectivity index (χ0n) is 14.3. The van der Waals surface area contributed by atoms with E-state index >= 15 is 0 Å². The lowest BCUT2D eigenvalue weighted by Crippen LogP contribution is -2.22. The predicted octanol–water partition coefficient (Wildman–Crippen LogP) is 4.35. The van der Waals surface area contributed by atoms with Crippen LogP contribution in [0.2, 0.25) is 0 Å². The number of rotatable bonds is 2. The van der Waals surface area contributed by atoms with Gasteiger partial charge in [0.15, 0.2) is 0 Å². The molecule has 0 aliphatic carbocycles. The van der Waals surface area contributed by atoms with Crippen molar-refractivity contribution in [2.45, 2.75) is 6.04 Å². The van der Waals surface area contributed by atoms with Gasteiger partial charge in [-0.1, -0.05) is 60.7 Å². The summed E-state index contributed by atoms with van der Waals surface area (Å²) in [5, 5.41) is 2.06. The maximum atomic E-state index is 12.2. The summed E-state index contributed by atoms with van der Waals surface area (Å²) in [6, 6.07) is 24.4. The zero-order valence-corrected chi connectivity index (χ0v) is 14.3. The first-order chi connectivity index (χ1) is 12.8. The van der Waals surface area contributed by atoms with Gasteiger partial charge in [-0.25, -0.2) is 9.69 Å². The first-order valence-corrected chi connectivity index (χ1v) is 8.36. The molecule has 26 heavy (non-hydrogen) atoms. The molecule has 0 unspecified atom stereocenters. The third-order valence-electron chi connectivity index (χ3n) is 4.47. The van der Waals surface area contributed by atoms with Gasteiger partial charge in [-0.2, -0.15) is 0 Å². The van der Waals surface area contributed by atoms with Crippen LogP contribution in [0.3, 0.4) is 0 Å². The Hall–Kier alpha value is -3.45. The molecule has 0 radical (unpaired) electrons. The molecule has 4 heteroatoms. The predicted molar refractivity (Wildman–Crippen MR) is 99.7 cm³/mol. The van der Waals surface area contributed by atoms with Gasteiger partial charge >= 0.3 is 6.09 Å². The minimum Gasteiger partial charge on any atom is -0.495 e. The largest absolute Gasteiger partial charge is 0.495 e. The van der Waals surface area contributed by atoms with Crippen molar-refractivity contribution in [1.82, 2.24) is 4.90 Å². The van der Waals surface area contributed by atoms with Crippen LogP contribution in [0.5, 0.6) is 5.75 Å². The van der Waals surface area contributed by atoms with Crippen molar-refractivity contribution in [3.63, 3.8) is 0 Å². The second kappa shape index (κ2) is 6.81. The second-order valence-electron chi connectivity index (χ2n) is 5.97. The maximum Gasteiger partial charge on any atom is 0.422 e. The fourth-order valence-corrected chi connectivity index (χ4v) is 3.13. The van der Waals surface area contributed by atoms with Gasteiger partial charge in [0, 0.05) is 11.4 Å². The van der Waals surface area contributed by atoms with Gasteiger partial charge in [-0.05, 0) is 22.9 Å². The van der Waals surface area contributed by atoms with E-state index in [0.29, 0.717) is 12.4 Å². The number of cyclic esters (lactones) is 1. The Morgan fingerprint density at radius 3 is 2.62 bits per heavy atom. The molecule has 3 aromatic carbocycles. The molecule has 0 saturated carbocycles. The Bertz CT molecular complexity index is 1020. The van der Waals surface area contributed by atoms with Crippen LogP contribution in [0.1, 0.15) is 17.2 Å². The highest BCUT2D eigenvalue weighted by Crippen LogP contribution is 2.29. The first-order valence-electron chi connectivity index (χ1n) is 8.36. The molecule has 1 heterocycles. The molecule has 1 atom stereocenters. The SMILES string of the molecule is COc1ccc2ccccc2c1C#CN1C(=O)OC[C@H]1c1ccccc1. The number of methoxy groups -OCH3 is 1. The fourth-order valence-electron chi connectivity index (χ4n) is 3.13. The Labute approximate surface area is 152 Å². The number of nitrogens with zero attached hydrogens (tertiary/aromatic N) is 1. The smallest absolute Gasteiger partial charge is 0.422 e. The van der Waals surface area contributed by atoms with Gasteiger partial charge in [-0.15, -0.1) is 0 Å². The van der Waals surface area contributed by atoms with E-state index in [1.54, 1.807) is 7.11 Å². The number of carbonyl (C=O) groups excluding carboxylic acids is 1. The van der Waals surface area contributed by atoms with E-state index in [1.807, 2.05) is 66.7 Å². The standard InChI is InChI=1S/C22H17NO3/c1-25-21-12-11-16-7-5-6-10-18(16)19(21)13-14-23-20(15-26-22(23)24)17-8-3-2-4-9-17/h2-12,20H,15H2,1H3/t20-/m0/s1. The van der Waals surface area contributed by atoms with Gasteiger partial charge in [-0.3, -0.25) is 0 Å². The van der Waals surface area contributed by atoms with Crippen LogP contribution < -0.4 is 4.74 Å². The monoisotopic (exact) mass is 343 g/mol. The van der Waals surface area contributed by atoms with Crippen molar-refractivity contribution >= 4 is 16.9 Å². The summed E-state index contributed by atoms with van der Waals surface area (Å²) in [7, 11) is 1.62. The summed E-state index contributed by atoms with van der Waals surface area (Å²) in [6.07, 6.45) is -0.425. The highest BCUT2D eigenvalue weighted by molar-refractivity contribution is 5.90. The van der Waals surface area contributed by atoms with Crippen LogP contribution in [0.15, 0.2) is 66.7 Å². The van der Waals surface area contributed by atoms with Crippen LogP contribution in [-0.4, -0.2) is 24.7 Å². The molecular weight excluding hydrogens is 326 g/mol. The van der Waals surface area contributed by atoms with E-state index in [-0.39, 0.29) is 6.04 Å². The van der Waals surface area contributed by atoms with E-state index in [1.165, 1.54) is 4.90 Å². The average molecular weight is 343 g/mol. The Morgan fingerprint density at radius 1 is 1.04 bits per heavy atom. The Kier molecular flexibility index (Phi) is 4.20. The molecule has 1 fully saturated rings. The van der Waals surface area contributed by atoms with Crippen LogP contribution in [-0.2, 0) is 4.74 Å². The van der Waals surface area contributed by atoms with E-state index in [4.69, 9.17) is 9.47 Å². The summed E-state index contributed by atoms with van der Waals surface area (Å²) in [5.41, 5.74) is 1.76. The molecule has 0 spiro atoms. The van der Waals surface area contributed by atoms with E-state index in [0.717, 1.165) is 21.9 Å². The van der Waals surface area contributed by atoms with E-state index < -0.39 is 6.09 Å². The molecule has 0 aromatic heterocycles. The van der Waals surface area contributed by atoms with E-state index in [9.17, 15) is 4.79 Å². The minimum absolute atomic E-state index is 0.211. The molecule has 128 valence electrons. The van der Waals surface area contributed by atoms with Gasteiger partial charge in [0.25, 0.3) is 0 Å². The lowest BCUT2D eigenvalue weighted by molar-refractivity contribution is 0.167. The van der Waals surface area contributed by atoms with Crippen molar-refractivity contribution in [2.24, 2.45) is 0 Å². The molecule has 0 bridgehead atoms. The molecule has 1 aliphatic rings. The minimum atomic E-state index is -0.425. The van der Waals surface area contributed by atoms with Crippen LogP contribution in [0.25, 0.3) is 10.8 Å². The first kappa shape index (κ1) is 16.0. The van der Waals surface area contributed by atoms with Gasteiger partial charge in [0.1, 0.15) is 18.4 Å². The normalized spacial score (nSPS) is 16.1. The topological polar surface area (TPSA) is 38.8 Å². The molecule has 3 aromatic rings. The molecule has 1 aliphatic heterocycles. The highest BCUT2D eigenvalue weighted by Gasteiger charge is 2.33. The summed E-state index contributed by atoms with van der Waals surface area (Å²) in [4.78, 5) is 13.6. The van der Waals surface area contributed by atoms with Crippen LogP contribution in [0, 0.1) is 12.0 Å².